The predicted octanol–water partition coefficient (Wildman–Crippen LogP) is 2.64. The summed E-state index contributed by atoms with van der Waals surface area (Å²) in [5.74, 6) is -1.20. The maximum absolute atomic E-state index is 12.6. The summed E-state index contributed by atoms with van der Waals surface area (Å²) in [5, 5.41) is 0.708. The van der Waals surface area contributed by atoms with Gasteiger partial charge in [-0.05, 0) is 35.9 Å². The molecule has 0 spiro atoms. The van der Waals surface area contributed by atoms with Crippen molar-refractivity contribution in [2.75, 3.05) is 47.0 Å². The minimum atomic E-state index is -0.622. The first kappa shape index (κ1) is 23.6. The first-order valence-electron chi connectivity index (χ1n) is 10.1. The van der Waals surface area contributed by atoms with E-state index < -0.39 is 11.9 Å². The van der Waals surface area contributed by atoms with E-state index >= 15 is 0 Å². The zero-order valence-corrected chi connectivity index (χ0v) is 18.8. The van der Waals surface area contributed by atoms with Crippen molar-refractivity contribution in [3.05, 3.63) is 64.2 Å². The van der Waals surface area contributed by atoms with Crippen molar-refractivity contribution in [2.45, 2.75) is 6.54 Å². The summed E-state index contributed by atoms with van der Waals surface area (Å²) < 4.78 is 15.0. The summed E-state index contributed by atoms with van der Waals surface area (Å²) in [7, 11) is 2.48. The molecule has 1 aliphatic heterocycles. The highest BCUT2D eigenvalue weighted by atomic mass is 35.5. The minimum absolute atomic E-state index is 0.133. The fourth-order valence-corrected chi connectivity index (χ4v) is 3.52. The standard InChI is InChI=1S/C23H25ClN2O6/c1-30-22(28)17-11-18(23(29)31-2)13-20(12-17)32-15-21(27)26-9-7-25(8-10-26)14-16-3-5-19(24)6-4-16/h3-6,11-13H,7-10,14-15H2,1-2H3. The molecule has 9 heteroatoms. The number of benzene rings is 2. The fraction of sp³-hybridized carbons (Fsp3) is 0.348. The lowest BCUT2D eigenvalue weighted by molar-refractivity contribution is -0.135. The van der Waals surface area contributed by atoms with Crippen molar-refractivity contribution < 1.29 is 28.6 Å². The number of nitrogens with zero attached hydrogens (tertiary/aromatic N) is 2. The molecular weight excluding hydrogens is 436 g/mol. The van der Waals surface area contributed by atoms with E-state index in [0.29, 0.717) is 18.1 Å². The van der Waals surface area contributed by atoms with E-state index in [4.69, 9.17) is 25.8 Å². The van der Waals surface area contributed by atoms with Crippen molar-refractivity contribution in [1.82, 2.24) is 9.80 Å². The van der Waals surface area contributed by atoms with Gasteiger partial charge in [0.1, 0.15) is 5.75 Å². The maximum Gasteiger partial charge on any atom is 0.338 e. The highest BCUT2D eigenvalue weighted by Gasteiger charge is 2.22. The molecule has 0 saturated carbocycles. The van der Waals surface area contributed by atoms with Gasteiger partial charge in [0.05, 0.1) is 25.3 Å². The van der Waals surface area contributed by atoms with E-state index in [1.165, 1.54) is 38.0 Å². The number of hydrogen-bond donors (Lipinski definition) is 0. The van der Waals surface area contributed by atoms with Crippen LogP contribution in [0.2, 0.25) is 5.02 Å². The summed E-state index contributed by atoms with van der Waals surface area (Å²) >= 11 is 5.93. The molecule has 170 valence electrons. The van der Waals surface area contributed by atoms with Crippen molar-refractivity contribution in [3.63, 3.8) is 0 Å². The van der Waals surface area contributed by atoms with Crippen molar-refractivity contribution in [1.29, 1.82) is 0 Å². The molecule has 3 rings (SSSR count). The van der Waals surface area contributed by atoms with Gasteiger partial charge in [-0.3, -0.25) is 9.69 Å². The Labute approximate surface area is 191 Å². The lowest BCUT2D eigenvalue weighted by atomic mass is 10.1. The van der Waals surface area contributed by atoms with Crippen LogP contribution in [-0.2, 0) is 20.8 Å². The second kappa shape index (κ2) is 11.0. The first-order chi connectivity index (χ1) is 15.4. The van der Waals surface area contributed by atoms with Crippen molar-refractivity contribution in [2.24, 2.45) is 0 Å². The molecule has 8 nitrogen and oxygen atoms in total. The van der Waals surface area contributed by atoms with E-state index in [9.17, 15) is 14.4 Å². The molecule has 1 saturated heterocycles. The normalized spacial score (nSPS) is 14.0. The molecule has 0 aromatic heterocycles. The smallest absolute Gasteiger partial charge is 0.338 e. The van der Waals surface area contributed by atoms with Crippen molar-refractivity contribution >= 4 is 29.4 Å². The molecule has 1 aliphatic rings. The van der Waals surface area contributed by atoms with Gasteiger partial charge in [-0.15, -0.1) is 0 Å². The summed E-state index contributed by atoms with van der Waals surface area (Å²) in [5.41, 5.74) is 1.44. The van der Waals surface area contributed by atoms with Gasteiger partial charge in [0.15, 0.2) is 6.61 Å². The average Bonchev–Trinajstić information content (AvgIpc) is 2.83. The summed E-state index contributed by atoms with van der Waals surface area (Å²) in [6, 6.07) is 11.9. The van der Waals surface area contributed by atoms with Crippen LogP contribution in [0.1, 0.15) is 26.3 Å². The Morgan fingerprint density at radius 3 is 1.97 bits per heavy atom. The highest BCUT2D eigenvalue weighted by molar-refractivity contribution is 6.30. The number of hydrogen-bond acceptors (Lipinski definition) is 7. The van der Waals surface area contributed by atoms with Gasteiger partial charge in [0, 0.05) is 37.7 Å². The third-order valence-corrected chi connectivity index (χ3v) is 5.41. The average molecular weight is 461 g/mol. The van der Waals surface area contributed by atoms with Crippen LogP contribution in [-0.4, -0.2) is 74.7 Å². The zero-order chi connectivity index (χ0) is 23.1. The van der Waals surface area contributed by atoms with Crippen LogP contribution in [0.5, 0.6) is 5.75 Å². The number of halogens is 1. The number of piperazine rings is 1. The quantitative estimate of drug-likeness (QED) is 0.587. The lowest BCUT2D eigenvalue weighted by Crippen LogP contribution is -2.49. The predicted molar refractivity (Wildman–Crippen MR) is 118 cm³/mol. The Morgan fingerprint density at radius 2 is 1.44 bits per heavy atom. The van der Waals surface area contributed by atoms with Gasteiger partial charge < -0.3 is 19.1 Å². The third kappa shape index (κ3) is 6.21. The molecule has 0 radical (unpaired) electrons. The lowest BCUT2D eigenvalue weighted by Gasteiger charge is -2.34. The second-order valence-corrected chi connectivity index (χ2v) is 7.74. The van der Waals surface area contributed by atoms with Crippen LogP contribution in [0.25, 0.3) is 0 Å². The highest BCUT2D eigenvalue weighted by Crippen LogP contribution is 2.19. The number of ether oxygens (including phenoxy) is 3. The minimum Gasteiger partial charge on any atom is -0.484 e. The van der Waals surface area contributed by atoms with Crippen LogP contribution in [0.3, 0.4) is 0 Å². The van der Waals surface area contributed by atoms with Gasteiger partial charge in [-0.25, -0.2) is 9.59 Å². The van der Waals surface area contributed by atoms with Gasteiger partial charge in [-0.2, -0.15) is 0 Å². The summed E-state index contributed by atoms with van der Waals surface area (Å²) in [6.07, 6.45) is 0. The molecule has 32 heavy (non-hydrogen) atoms. The molecule has 0 unspecified atom stereocenters. The van der Waals surface area contributed by atoms with Gasteiger partial charge in [0.25, 0.3) is 5.91 Å². The SMILES string of the molecule is COC(=O)c1cc(OCC(=O)N2CCN(Cc3ccc(Cl)cc3)CC2)cc(C(=O)OC)c1. The Hall–Kier alpha value is -3.10. The molecule has 0 atom stereocenters. The molecule has 1 heterocycles. The number of esters is 2. The van der Waals surface area contributed by atoms with E-state index in [2.05, 4.69) is 4.90 Å². The topological polar surface area (TPSA) is 85.4 Å². The monoisotopic (exact) mass is 460 g/mol. The van der Waals surface area contributed by atoms with Gasteiger partial charge in [-0.1, -0.05) is 23.7 Å². The largest absolute Gasteiger partial charge is 0.484 e. The molecule has 1 amide bonds. The van der Waals surface area contributed by atoms with E-state index in [1.54, 1.807) is 4.90 Å². The van der Waals surface area contributed by atoms with Crippen molar-refractivity contribution in [3.8, 4) is 5.75 Å². The molecule has 2 aromatic carbocycles. The number of amides is 1. The van der Waals surface area contributed by atoms with Gasteiger partial charge >= 0.3 is 11.9 Å². The Morgan fingerprint density at radius 1 is 0.875 bits per heavy atom. The molecule has 0 aliphatic carbocycles. The van der Waals surface area contributed by atoms with Crippen LogP contribution in [0.15, 0.2) is 42.5 Å². The third-order valence-electron chi connectivity index (χ3n) is 5.16. The number of carbonyl (C=O) groups excluding carboxylic acids is 3. The Kier molecular flexibility index (Phi) is 8.08. The van der Waals surface area contributed by atoms with Crippen LogP contribution in [0.4, 0.5) is 0 Å². The van der Waals surface area contributed by atoms with E-state index in [0.717, 1.165) is 19.6 Å². The Bertz CT molecular complexity index is 937. The first-order valence-corrected chi connectivity index (χ1v) is 10.5. The summed E-state index contributed by atoms with van der Waals surface area (Å²) in [6.45, 7) is 3.27. The van der Waals surface area contributed by atoms with Crippen LogP contribution in [0, 0.1) is 0 Å². The molecule has 2 aromatic rings. The van der Waals surface area contributed by atoms with Crippen LogP contribution < -0.4 is 4.74 Å². The zero-order valence-electron chi connectivity index (χ0n) is 18.0. The second-order valence-electron chi connectivity index (χ2n) is 7.30. The number of methoxy groups -OCH3 is 2. The van der Waals surface area contributed by atoms with Crippen LogP contribution >= 0.6 is 11.6 Å². The molecule has 0 N–H and O–H groups in total. The molecule has 1 fully saturated rings. The fourth-order valence-electron chi connectivity index (χ4n) is 3.39. The van der Waals surface area contributed by atoms with Gasteiger partial charge in [0.2, 0.25) is 0 Å². The maximum atomic E-state index is 12.6. The molecular formula is C23H25ClN2O6. The Balaban J connectivity index is 1.55. The summed E-state index contributed by atoms with van der Waals surface area (Å²) in [4.78, 5) is 40.4. The van der Waals surface area contributed by atoms with E-state index in [1.807, 2.05) is 24.3 Å². The van der Waals surface area contributed by atoms with E-state index in [-0.39, 0.29) is 29.4 Å². The number of carbonyl (C=O) groups is 3. The molecule has 0 bridgehead atoms. The number of rotatable bonds is 7.